The Morgan fingerprint density at radius 1 is 1.26 bits per heavy atom. The number of hydrogen-bond acceptors (Lipinski definition) is 6. The van der Waals surface area contributed by atoms with Crippen molar-refractivity contribution in [1.82, 2.24) is 15.0 Å². The lowest BCUT2D eigenvalue weighted by Gasteiger charge is -2.22. The fraction of sp³-hybridized carbons (Fsp3) is 0.591. The van der Waals surface area contributed by atoms with Crippen LogP contribution in [0, 0.1) is 5.41 Å². The SMILES string of the molecule is CCCCCCCCOc1ccc(-c2noc([C@@H]3[C@@H](O)CCN3C(=N)N)n2)cc1C(F)(F)F.Cl. The van der Waals surface area contributed by atoms with Gasteiger partial charge in [0.05, 0.1) is 18.3 Å². The van der Waals surface area contributed by atoms with Crippen LogP contribution >= 0.6 is 12.4 Å². The molecule has 2 aromatic rings. The van der Waals surface area contributed by atoms with E-state index in [-0.39, 0.29) is 48.0 Å². The van der Waals surface area contributed by atoms with E-state index < -0.39 is 23.9 Å². The van der Waals surface area contributed by atoms with Gasteiger partial charge in [0.25, 0.3) is 5.89 Å². The van der Waals surface area contributed by atoms with Crippen molar-refractivity contribution in [2.75, 3.05) is 13.2 Å². The van der Waals surface area contributed by atoms with E-state index in [1.807, 2.05) is 0 Å². The van der Waals surface area contributed by atoms with E-state index in [4.69, 9.17) is 20.4 Å². The van der Waals surface area contributed by atoms with Crippen molar-refractivity contribution >= 4 is 18.4 Å². The maximum atomic E-state index is 13.7. The van der Waals surface area contributed by atoms with Crippen molar-refractivity contribution in [3.8, 4) is 17.1 Å². The quantitative estimate of drug-likeness (QED) is 0.238. The van der Waals surface area contributed by atoms with Crippen LogP contribution in [0.5, 0.6) is 5.75 Å². The minimum absolute atomic E-state index is 0. The Bertz CT molecular complexity index is 941. The van der Waals surface area contributed by atoms with Crippen molar-refractivity contribution in [2.24, 2.45) is 5.73 Å². The summed E-state index contributed by atoms with van der Waals surface area (Å²) in [5.41, 5.74) is 4.73. The maximum absolute atomic E-state index is 13.7. The van der Waals surface area contributed by atoms with Crippen LogP contribution in [-0.4, -0.2) is 45.4 Å². The van der Waals surface area contributed by atoms with E-state index in [0.29, 0.717) is 19.4 Å². The van der Waals surface area contributed by atoms with E-state index in [1.165, 1.54) is 17.0 Å². The van der Waals surface area contributed by atoms with E-state index in [2.05, 4.69) is 17.1 Å². The smallest absolute Gasteiger partial charge is 0.419 e. The van der Waals surface area contributed by atoms with Crippen molar-refractivity contribution in [3.63, 3.8) is 0 Å². The largest absolute Gasteiger partial charge is 0.493 e. The summed E-state index contributed by atoms with van der Waals surface area (Å²) < 4.78 is 51.7. The van der Waals surface area contributed by atoms with Gasteiger partial charge in [-0.05, 0) is 31.0 Å². The summed E-state index contributed by atoms with van der Waals surface area (Å²) in [4.78, 5) is 5.57. The number of nitrogens with zero attached hydrogens (tertiary/aromatic N) is 3. The van der Waals surface area contributed by atoms with Crippen LogP contribution in [-0.2, 0) is 6.18 Å². The van der Waals surface area contributed by atoms with Crippen molar-refractivity contribution < 1.29 is 27.5 Å². The molecule has 0 amide bonds. The Kier molecular flexibility index (Phi) is 9.99. The third kappa shape index (κ3) is 6.75. The lowest BCUT2D eigenvalue weighted by molar-refractivity contribution is -0.138. The Labute approximate surface area is 202 Å². The molecule has 190 valence electrons. The zero-order valence-corrected chi connectivity index (χ0v) is 19.8. The van der Waals surface area contributed by atoms with Gasteiger partial charge >= 0.3 is 6.18 Å². The molecule has 0 radical (unpaired) electrons. The Morgan fingerprint density at radius 3 is 2.65 bits per heavy atom. The first-order valence-corrected chi connectivity index (χ1v) is 11.2. The number of halogens is 4. The zero-order valence-electron chi connectivity index (χ0n) is 19.0. The Balaban J connectivity index is 0.00000408. The third-order valence-corrected chi connectivity index (χ3v) is 5.67. The van der Waals surface area contributed by atoms with Crippen LogP contribution in [0.2, 0.25) is 0 Å². The number of aliphatic hydroxyl groups is 1. The molecule has 1 saturated heterocycles. The van der Waals surface area contributed by atoms with Gasteiger partial charge in [-0.25, -0.2) is 0 Å². The molecule has 0 spiro atoms. The number of benzene rings is 1. The van der Waals surface area contributed by atoms with Crippen LogP contribution in [0.15, 0.2) is 22.7 Å². The molecule has 2 atom stereocenters. The molecule has 1 aromatic heterocycles. The van der Waals surface area contributed by atoms with Crippen LogP contribution < -0.4 is 10.5 Å². The lowest BCUT2D eigenvalue weighted by atomic mass is 10.1. The second-order valence-electron chi connectivity index (χ2n) is 8.16. The zero-order chi connectivity index (χ0) is 24.0. The monoisotopic (exact) mass is 505 g/mol. The summed E-state index contributed by atoms with van der Waals surface area (Å²) in [6.45, 7) is 2.67. The van der Waals surface area contributed by atoms with Gasteiger partial charge in [-0.15, -0.1) is 12.4 Å². The minimum Gasteiger partial charge on any atom is -0.493 e. The van der Waals surface area contributed by atoms with E-state index in [9.17, 15) is 18.3 Å². The molecule has 3 rings (SSSR count). The maximum Gasteiger partial charge on any atom is 0.419 e. The molecule has 0 saturated carbocycles. The van der Waals surface area contributed by atoms with E-state index in [0.717, 1.165) is 38.2 Å². The molecule has 0 unspecified atom stereocenters. The van der Waals surface area contributed by atoms with Gasteiger partial charge < -0.3 is 25.0 Å². The number of alkyl halides is 3. The number of aromatic nitrogens is 2. The van der Waals surface area contributed by atoms with Gasteiger partial charge in [0.1, 0.15) is 11.8 Å². The standard InChI is InChI=1S/C22H30F3N5O3.ClH/c1-2-3-4-5-6-7-12-32-17-9-8-14(13-15(17)22(23,24)25)19-28-20(33-29-19)18-16(31)10-11-30(18)21(26)27;/h8-9,13,16,18,31H,2-7,10-12H2,1H3,(H3,26,27);1H/t16-,18-;/m0./s1. The number of guanidine groups is 1. The fourth-order valence-electron chi connectivity index (χ4n) is 3.90. The average molecular weight is 506 g/mol. The van der Waals surface area contributed by atoms with Crippen molar-refractivity contribution in [1.29, 1.82) is 5.41 Å². The predicted octanol–water partition coefficient (Wildman–Crippen LogP) is 4.92. The molecule has 0 bridgehead atoms. The van der Waals surface area contributed by atoms with Crippen LogP contribution in [0.4, 0.5) is 13.2 Å². The fourth-order valence-corrected chi connectivity index (χ4v) is 3.90. The Morgan fingerprint density at radius 2 is 1.97 bits per heavy atom. The van der Waals surface area contributed by atoms with Gasteiger partial charge in [-0.1, -0.05) is 44.2 Å². The van der Waals surface area contributed by atoms with Gasteiger partial charge in [0.2, 0.25) is 5.82 Å². The summed E-state index contributed by atoms with van der Waals surface area (Å²) in [7, 11) is 0. The van der Waals surface area contributed by atoms with Gasteiger partial charge in [-0.2, -0.15) is 18.2 Å². The average Bonchev–Trinajstić information content (AvgIpc) is 3.39. The lowest BCUT2D eigenvalue weighted by Crippen LogP contribution is -2.37. The van der Waals surface area contributed by atoms with Crippen molar-refractivity contribution in [2.45, 2.75) is 70.2 Å². The van der Waals surface area contributed by atoms with E-state index in [1.54, 1.807) is 0 Å². The summed E-state index contributed by atoms with van der Waals surface area (Å²) >= 11 is 0. The number of hydrogen-bond donors (Lipinski definition) is 3. The number of aliphatic hydroxyl groups excluding tert-OH is 1. The molecule has 2 heterocycles. The molecular weight excluding hydrogens is 475 g/mol. The van der Waals surface area contributed by atoms with Crippen LogP contribution in [0.25, 0.3) is 11.4 Å². The number of unbranched alkanes of at least 4 members (excludes halogenated alkanes) is 5. The molecule has 1 aliphatic heterocycles. The number of ether oxygens (including phenoxy) is 1. The van der Waals surface area contributed by atoms with E-state index >= 15 is 0 Å². The van der Waals surface area contributed by atoms with Crippen LogP contribution in [0.1, 0.15) is 69.4 Å². The summed E-state index contributed by atoms with van der Waals surface area (Å²) in [6.07, 6.45) is 0.901. The highest BCUT2D eigenvalue weighted by Crippen LogP contribution is 2.39. The molecule has 1 aliphatic rings. The highest BCUT2D eigenvalue weighted by molar-refractivity contribution is 5.85. The summed E-state index contributed by atoms with van der Waals surface area (Å²) in [6, 6.07) is 2.82. The van der Waals surface area contributed by atoms with Crippen LogP contribution in [0.3, 0.4) is 0 Å². The highest BCUT2D eigenvalue weighted by Gasteiger charge is 2.39. The number of nitrogens with one attached hydrogen (secondary N) is 1. The molecule has 4 N–H and O–H groups in total. The summed E-state index contributed by atoms with van der Waals surface area (Å²) in [5, 5.41) is 21.6. The minimum atomic E-state index is -4.62. The highest BCUT2D eigenvalue weighted by atomic mass is 35.5. The van der Waals surface area contributed by atoms with Crippen molar-refractivity contribution in [3.05, 3.63) is 29.7 Å². The first-order valence-electron chi connectivity index (χ1n) is 11.2. The molecule has 0 aliphatic carbocycles. The number of rotatable bonds is 10. The molecular formula is C22H31ClF3N5O3. The van der Waals surface area contributed by atoms with Gasteiger partial charge in [0.15, 0.2) is 5.96 Å². The molecule has 8 nitrogen and oxygen atoms in total. The second kappa shape index (κ2) is 12.3. The molecule has 34 heavy (non-hydrogen) atoms. The normalized spacial score (nSPS) is 18.1. The number of likely N-dealkylation sites (tertiary alicyclic amines) is 1. The third-order valence-electron chi connectivity index (χ3n) is 5.67. The Hall–Kier alpha value is -2.53. The molecule has 1 aromatic carbocycles. The first kappa shape index (κ1) is 27.7. The number of nitrogens with two attached hydrogens (primary N) is 1. The first-order chi connectivity index (χ1) is 15.7. The summed E-state index contributed by atoms with van der Waals surface area (Å²) in [5.74, 6) is -0.567. The van der Waals surface area contributed by atoms with Gasteiger partial charge in [-0.3, -0.25) is 5.41 Å². The molecule has 1 fully saturated rings. The second-order valence-corrected chi connectivity index (χ2v) is 8.16. The van der Waals surface area contributed by atoms with Gasteiger partial charge in [0, 0.05) is 12.1 Å². The predicted molar refractivity (Wildman–Crippen MR) is 123 cm³/mol. The molecule has 12 heteroatoms. The topological polar surface area (TPSA) is 121 Å².